The second-order valence-corrected chi connectivity index (χ2v) is 8.07. The molecule has 0 unspecified atom stereocenters. The zero-order chi connectivity index (χ0) is 28.5. The number of rotatable bonds is 7. The highest BCUT2D eigenvalue weighted by Crippen LogP contribution is 2.34. The molecule has 3 aromatic rings. The van der Waals surface area contributed by atoms with E-state index in [2.05, 4.69) is 25.6 Å². The van der Waals surface area contributed by atoms with Crippen LogP contribution < -0.4 is 22.1 Å². The quantitative estimate of drug-likeness (QED) is 0.162. The highest BCUT2D eigenvalue weighted by atomic mass is 19.4. The number of benzene rings is 2. The van der Waals surface area contributed by atoms with E-state index in [4.69, 9.17) is 16.7 Å². The Morgan fingerprint density at radius 2 is 1.76 bits per heavy atom. The molecular formula is C26H28F4N8. The van der Waals surface area contributed by atoms with Crippen molar-refractivity contribution in [2.24, 2.45) is 10.7 Å². The molecule has 0 radical (unpaired) electrons. The summed E-state index contributed by atoms with van der Waals surface area (Å²) >= 11 is 0. The van der Waals surface area contributed by atoms with Gasteiger partial charge >= 0.3 is 6.18 Å². The molecule has 0 aliphatic heterocycles. The molecule has 8 nitrogen and oxygen atoms in total. The second kappa shape index (κ2) is 12.5. The minimum Gasteiger partial charge on any atom is -0.403 e. The van der Waals surface area contributed by atoms with E-state index < -0.39 is 23.1 Å². The third-order valence-corrected chi connectivity index (χ3v) is 4.79. The Labute approximate surface area is 218 Å². The first-order chi connectivity index (χ1) is 17.9. The molecule has 3 rings (SSSR count). The van der Waals surface area contributed by atoms with Crippen molar-refractivity contribution in [2.45, 2.75) is 39.4 Å². The lowest BCUT2D eigenvalue weighted by Crippen LogP contribution is -2.15. The lowest BCUT2D eigenvalue weighted by atomic mass is 10.1. The van der Waals surface area contributed by atoms with Gasteiger partial charge in [-0.25, -0.2) is 9.37 Å². The Morgan fingerprint density at radius 1 is 1.11 bits per heavy atom. The fraction of sp³-hybridized carbons (Fsp3) is 0.231. The van der Waals surface area contributed by atoms with Crippen molar-refractivity contribution in [3.8, 4) is 17.2 Å². The largest absolute Gasteiger partial charge is 0.416 e. The van der Waals surface area contributed by atoms with Crippen LogP contribution in [0, 0.1) is 17.1 Å². The summed E-state index contributed by atoms with van der Waals surface area (Å²) in [5.74, 6) is -0.512. The number of aliphatic imine (C=N–C) groups is 1. The zero-order valence-electron chi connectivity index (χ0n) is 21.2. The van der Waals surface area contributed by atoms with E-state index in [1.165, 1.54) is 48.9 Å². The van der Waals surface area contributed by atoms with Gasteiger partial charge in [-0.15, -0.1) is 0 Å². The lowest BCUT2D eigenvalue weighted by Gasteiger charge is -2.15. The van der Waals surface area contributed by atoms with Gasteiger partial charge in [0.15, 0.2) is 0 Å². The normalized spacial score (nSPS) is 11.9. The van der Waals surface area contributed by atoms with Crippen molar-refractivity contribution >= 4 is 29.4 Å². The molecule has 0 atom stereocenters. The number of nitriles is 1. The Kier molecular flexibility index (Phi) is 9.75. The summed E-state index contributed by atoms with van der Waals surface area (Å²) in [6.07, 6.45) is -0.619. The molecule has 6 N–H and O–H groups in total. The number of allylic oxidation sites excluding steroid dienone is 1. The van der Waals surface area contributed by atoms with E-state index in [1.54, 1.807) is 13.8 Å². The van der Waals surface area contributed by atoms with Gasteiger partial charge in [0.1, 0.15) is 17.2 Å². The summed E-state index contributed by atoms with van der Waals surface area (Å²) in [5, 5.41) is 14.8. The number of halogens is 4. The number of anilines is 4. The molecule has 1 heterocycles. The number of aromatic nitrogens is 2. The SMILES string of the molecule is CC.CC(C)(C#N)N=C/C(=C\N)Nc1ncc(-c2ccc(C(F)(F)F)cc2)c(Nc2cc(N)ccc2F)n1. The molecule has 0 aliphatic carbocycles. The number of nitrogens with one attached hydrogen (secondary N) is 2. The van der Waals surface area contributed by atoms with Gasteiger partial charge in [0.25, 0.3) is 0 Å². The number of nitrogens with zero attached hydrogens (tertiary/aromatic N) is 4. The maximum absolute atomic E-state index is 14.4. The zero-order valence-corrected chi connectivity index (χ0v) is 21.2. The fourth-order valence-electron chi connectivity index (χ4n) is 2.86. The first kappa shape index (κ1) is 29.6. The molecule has 12 heteroatoms. The molecule has 200 valence electrons. The van der Waals surface area contributed by atoms with Gasteiger partial charge in [-0.1, -0.05) is 26.0 Å². The molecule has 0 saturated heterocycles. The van der Waals surface area contributed by atoms with E-state index in [-0.39, 0.29) is 28.8 Å². The number of nitrogens with two attached hydrogens (primary N) is 2. The van der Waals surface area contributed by atoms with Crippen LogP contribution in [0.5, 0.6) is 0 Å². The van der Waals surface area contributed by atoms with Gasteiger partial charge in [-0.05, 0) is 49.7 Å². The number of nitrogen functional groups attached to an aromatic ring is 1. The smallest absolute Gasteiger partial charge is 0.403 e. The van der Waals surface area contributed by atoms with Crippen molar-refractivity contribution in [1.29, 1.82) is 5.26 Å². The molecule has 0 saturated carbocycles. The highest BCUT2D eigenvalue weighted by Gasteiger charge is 2.30. The van der Waals surface area contributed by atoms with Crippen LogP contribution in [0.15, 0.2) is 65.6 Å². The highest BCUT2D eigenvalue weighted by molar-refractivity contribution is 5.84. The maximum Gasteiger partial charge on any atom is 0.416 e. The Balaban J connectivity index is 0.00000247. The van der Waals surface area contributed by atoms with Crippen molar-refractivity contribution in [3.63, 3.8) is 0 Å². The number of hydrogen-bond donors (Lipinski definition) is 4. The predicted molar refractivity (Wildman–Crippen MR) is 142 cm³/mol. The van der Waals surface area contributed by atoms with Crippen molar-refractivity contribution in [2.75, 3.05) is 16.4 Å². The van der Waals surface area contributed by atoms with Crippen LogP contribution in [0.4, 0.5) is 40.7 Å². The number of alkyl halides is 3. The minimum atomic E-state index is -4.50. The van der Waals surface area contributed by atoms with E-state index >= 15 is 0 Å². The topological polar surface area (TPSA) is 138 Å². The molecule has 1 aromatic heterocycles. The monoisotopic (exact) mass is 528 g/mol. The van der Waals surface area contributed by atoms with Crippen LogP contribution in [0.3, 0.4) is 0 Å². The Bertz CT molecular complexity index is 1340. The van der Waals surface area contributed by atoms with Crippen LogP contribution in [0.2, 0.25) is 0 Å². The summed E-state index contributed by atoms with van der Waals surface area (Å²) in [6.45, 7) is 7.21. The molecular weight excluding hydrogens is 500 g/mol. The van der Waals surface area contributed by atoms with Gasteiger partial charge in [0.2, 0.25) is 5.95 Å². The van der Waals surface area contributed by atoms with Crippen molar-refractivity contribution in [1.82, 2.24) is 9.97 Å². The van der Waals surface area contributed by atoms with Gasteiger partial charge in [-0.2, -0.15) is 23.4 Å². The summed E-state index contributed by atoms with van der Waals surface area (Å²) in [5.41, 5.74) is 10.8. The maximum atomic E-state index is 14.4. The first-order valence-electron chi connectivity index (χ1n) is 11.4. The van der Waals surface area contributed by atoms with E-state index in [0.717, 1.165) is 12.1 Å². The average Bonchev–Trinajstić information content (AvgIpc) is 2.89. The predicted octanol–water partition coefficient (Wildman–Crippen LogP) is 6.24. The molecule has 0 amide bonds. The summed E-state index contributed by atoms with van der Waals surface area (Å²) < 4.78 is 53.4. The fourth-order valence-corrected chi connectivity index (χ4v) is 2.86. The third-order valence-electron chi connectivity index (χ3n) is 4.79. The van der Waals surface area contributed by atoms with Crippen LogP contribution in [-0.2, 0) is 6.18 Å². The van der Waals surface area contributed by atoms with Gasteiger partial charge < -0.3 is 22.1 Å². The van der Waals surface area contributed by atoms with Crippen LogP contribution in [0.25, 0.3) is 11.1 Å². The third kappa shape index (κ3) is 7.92. The molecule has 38 heavy (non-hydrogen) atoms. The molecule has 0 fully saturated rings. The van der Waals surface area contributed by atoms with E-state index in [9.17, 15) is 17.6 Å². The lowest BCUT2D eigenvalue weighted by molar-refractivity contribution is -0.137. The molecule has 2 aromatic carbocycles. The van der Waals surface area contributed by atoms with Gasteiger partial charge in [-0.3, -0.25) is 4.99 Å². The van der Waals surface area contributed by atoms with Crippen LogP contribution in [0.1, 0.15) is 33.3 Å². The molecule has 0 aliphatic rings. The number of hydrogen-bond acceptors (Lipinski definition) is 8. The van der Waals surface area contributed by atoms with Crippen LogP contribution in [-0.4, -0.2) is 21.7 Å². The summed E-state index contributed by atoms with van der Waals surface area (Å²) in [6, 6.07) is 10.3. The van der Waals surface area contributed by atoms with Gasteiger partial charge in [0.05, 0.1) is 23.0 Å². The van der Waals surface area contributed by atoms with Crippen molar-refractivity contribution < 1.29 is 17.6 Å². The standard InChI is InChI=1S/C24H22F4N8.C2H6/c1-23(2,13-30)33-11-17(10-29)34-22-32-12-18(14-3-5-15(6-4-14)24(26,27)28)21(36-22)35-20-9-16(31)7-8-19(20)25;1-2/h3-12H,29,31H2,1-2H3,(H2,32,34,35,36);1-2H3/b17-10+,33-11?;. The molecule has 0 bridgehead atoms. The molecule has 0 spiro atoms. The van der Waals surface area contributed by atoms with E-state index in [1.807, 2.05) is 19.9 Å². The van der Waals surface area contributed by atoms with Crippen molar-refractivity contribution in [3.05, 3.63) is 71.9 Å². The van der Waals surface area contributed by atoms with Gasteiger partial charge in [0, 0.05) is 29.9 Å². The second-order valence-electron chi connectivity index (χ2n) is 8.07. The van der Waals surface area contributed by atoms with Crippen LogP contribution >= 0.6 is 0 Å². The Morgan fingerprint density at radius 3 is 2.34 bits per heavy atom. The summed E-state index contributed by atoms with van der Waals surface area (Å²) in [4.78, 5) is 12.7. The first-order valence-corrected chi connectivity index (χ1v) is 11.4. The average molecular weight is 529 g/mol. The van der Waals surface area contributed by atoms with E-state index in [0.29, 0.717) is 11.1 Å². The minimum absolute atomic E-state index is 0.000246. The Hall–Kier alpha value is -4.66. The summed E-state index contributed by atoms with van der Waals surface area (Å²) in [7, 11) is 0.